The van der Waals surface area contributed by atoms with Crippen LogP contribution in [0.2, 0.25) is 5.02 Å². The highest BCUT2D eigenvalue weighted by atomic mass is 35.5. The molecule has 0 unspecified atom stereocenters. The Hall–Kier alpha value is -2.86. The van der Waals surface area contributed by atoms with E-state index in [1.165, 1.54) is 13.0 Å². The molecule has 6 nitrogen and oxygen atoms in total. The van der Waals surface area contributed by atoms with Crippen LogP contribution in [-0.4, -0.2) is 23.8 Å². The number of ether oxygens (including phenoxy) is 1. The van der Waals surface area contributed by atoms with Crippen LogP contribution in [0.15, 0.2) is 48.5 Å². The van der Waals surface area contributed by atoms with Gasteiger partial charge in [0, 0.05) is 23.9 Å². The number of esters is 1. The predicted octanol–water partition coefficient (Wildman–Crippen LogP) is 2.09. The van der Waals surface area contributed by atoms with Gasteiger partial charge < -0.3 is 15.8 Å². The van der Waals surface area contributed by atoms with E-state index in [9.17, 15) is 14.4 Å². The van der Waals surface area contributed by atoms with E-state index < -0.39 is 23.8 Å². The summed E-state index contributed by atoms with van der Waals surface area (Å²) in [5.74, 6) is -1.39. The quantitative estimate of drug-likeness (QED) is 0.608. The Morgan fingerprint density at radius 3 is 2.44 bits per heavy atom. The monoisotopic (exact) mass is 360 g/mol. The highest BCUT2D eigenvalue weighted by Crippen LogP contribution is 2.15. The van der Waals surface area contributed by atoms with Gasteiger partial charge in [-0.25, -0.2) is 0 Å². The molecule has 2 aromatic carbocycles. The molecule has 3 N–H and O–H groups in total. The summed E-state index contributed by atoms with van der Waals surface area (Å²) < 4.78 is 4.94. The number of carbonyl (C=O) groups excluding carboxylic acids is 3. The standard InChI is InChI=1S/C18H17ClN2O4/c1-11(22)25-15-4-2-3-13(10-15)18(24)21-16(17(20)23)9-12-5-7-14(19)8-6-12/h2-8,10,16H,9H2,1H3,(H2,20,23)(H,21,24)/t16-/m0/s1. The number of nitrogens with two attached hydrogens (primary N) is 1. The maximum atomic E-state index is 12.4. The summed E-state index contributed by atoms with van der Waals surface area (Å²) in [6, 6.07) is 12.1. The zero-order valence-electron chi connectivity index (χ0n) is 13.5. The van der Waals surface area contributed by atoms with Gasteiger partial charge in [-0.1, -0.05) is 29.8 Å². The van der Waals surface area contributed by atoms with Crippen LogP contribution < -0.4 is 15.8 Å². The lowest BCUT2D eigenvalue weighted by molar-refractivity contribution is -0.131. The molecule has 1 atom stereocenters. The Morgan fingerprint density at radius 1 is 1.16 bits per heavy atom. The number of rotatable bonds is 6. The van der Waals surface area contributed by atoms with Crippen molar-refractivity contribution in [1.29, 1.82) is 0 Å². The molecule has 0 aromatic heterocycles. The summed E-state index contributed by atoms with van der Waals surface area (Å²) in [7, 11) is 0. The Labute approximate surface area is 149 Å². The lowest BCUT2D eigenvalue weighted by atomic mass is 10.0. The third-order valence-electron chi connectivity index (χ3n) is 3.36. The van der Waals surface area contributed by atoms with Gasteiger partial charge in [0.1, 0.15) is 11.8 Å². The van der Waals surface area contributed by atoms with Crippen molar-refractivity contribution in [3.05, 3.63) is 64.7 Å². The van der Waals surface area contributed by atoms with E-state index in [1.807, 2.05) is 0 Å². The average molecular weight is 361 g/mol. The fourth-order valence-corrected chi connectivity index (χ4v) is 2.31. The molecule has 130 valence electrons. The van der Waals surface area contributed by atoms with Crippen LogP contribution in [0.4, 0.5) is 0 Å². The second-order valence-corrected chi connectivity index (χ2v) is 5.82. The number of amides is 2. The average Bonchev–Trinajstić information content (AvgIpc) is 2.55. The van der Waals surface area contributed by atoms with E-state index in [0.717, 1.165) is 5.56 Å². The fourth-order valence-electron chi connectivity index (χ4n) is 2.19. The van der Waals surface area contributed by atoms with E-state index in [4.69, 9.17) is 22.1 Å². The summed E-state index contributed by atoms with van der Waals surface area (Å²) in [5, 5.41) is 3.16. The highest BCUT2D eigenvalue weighted by molar-refractivity contribution is 6.30. The second kappa shape index (κ2) is 8.30. The molecule has 0 saturated heterocycles. The summed E-state index contributed by atoms with van der Waals surface area (Å²) >= 11 is 5.83. The zero-order chi connectivity index (χ0) is 18.4. The van der Waals surface area contributed by atoms with Gasteiger partial charge in [0.05, 0.1) is 0 Å². The number of primary amides is 1. The molecule has 0 saturated carbocycles. The van der Waals surface area contributed by atoms with Crippen molar-refractivity contribution in [2.75, 3.05) is 0 Å². The van der Waals surface area contributed by atoms with E-state index in [0.29, 0.717) is 5.02 Å². The first kappa shape index (κ1) is 18.5. The summed E-state index contributed by atoms with van der Waals surface area (Å²) in [6.45, 7) is 1.27. The van der Waals surface area contributed by atoms with E-state index >= 15 is 0 Å². The SMILES string of the molecule is CC(=O)Oc1cccc(C(=O)N[C@@H](Cc2ccc(Cl)cc2)C(N)=O)c1. The maximum Gasteiger partial charge on any atom is 0.308 e. The lowest BCUT2D eigenvalue weighted by Gasteiger charge is -2.16. The minimum atomic E-state index is -0.883. The molecule has 25 heavy (non-hydrogen) atoms. The van der Waals surface area contributed by atoms with Crippen molar-refractivity contribution >= 4 is 29.4 Å². The number of nitrogens with one attached hydrogen (secondary N) is 1. The largest absolute Gasteiger partial charge is 0.427 e. The van der Waals surface area contributed by atoms with Crippen LogP contribution in [-0.2, 0) is 16.0 Å². The van der Waals surface area contributed by atoms with Crippen molar-refractivity contribution in [1.82, 2.24) is 5.32 Å². The van der Waals surface area contributed by atoms with Crippen LogP contribution in [0.25, 0.3) is 0 Å². The molecular formula is C18H17ClN2O4. The third kappa shape index (κ3) is 5.61. The third-order valence-corrected chi connectivity index (χ3v) is 3.61. The first-order valence-corrected chi connectivity index (χ1v) is 7.86. The first-order valence-electron chi connectivity index (χ1n) is 7.48. The van der Waals surface area contributed by atoms with Gasteiger partial charge in [0.2, 0.25) is 5.91 Å². The normalized spacial score (nSPS) is 11.4. The predicted molar refractivity (Wildman–Crippen MR) is 93.4 cm³/mol. The van der Waals surface area contributed by atoms with Crippen LogP contribution >= 0.6 is 11.6 Å². The summed E-state index contributed by atoms with van der Waals surface area (Å²) in [6.07, 6.45) is 0.238. The number of hydrogen-bond acceptors (Lipinski definition) is 4. The second-order valence-electron chi connectivity index (χ2n) is 5.38. The Balaban J connectivity index is 2.11. The molecule has 0 bridgehead atoms. The number of halogens is 1. The molecule has 0 aliphatic rings. The Kier molecular flexibility index (Phi) is 6.14. The van der Waals surface area contributed by atoms with Crippen LogP contribution in [0, 0.1) is 0 Å². The zero-order valence-corrected chi connectivity index (χ0v) is 14.2. The minimum absolute atomic E-state index is 0.238. The first-order chi connectivity index (χ1) is 11.8. The lowest BCUT2D eigenvalue weighted by Crippen LogP contribution is -2.45. The molecule has 0 fully saturated rings. The van der Waals surface area contributed by atoms with Crippen LogP contribution in [0.1, 0.15) is 22.8 Å². The molecule has 0 heterocycles. The molecule has 0 aliphatic heterocycles. The minimum Gasteiger partial charge on any atom is -0.427 e. The van der Waals surface area contributed by atoms with Gasteiger partial charge in [-0.3, -0.25) is 14.4 Å². The van der Waals surface area contributed by atoms with Gasteiger partial charge in [-0.2, -0.15) is 0 Å². The molecular weight excluding hydrogens is 344 g/mol. The Morgan fingerprint density at radius 2 is 1.84 bits per heavy atom. The smallest absolute Gasteiger partial charge is 0.308 e. The molecule has 2 aromatic rings. The van der Waals surface area contributed by atoms with Gasteiger partial charge >= 0.3 is 5.97 Å². The summed E-state index contributed by atoms with van der Waals surface area (Å²) in [5.41, 5.74) is 6.45. The molecule has 2 amide bonds. The van der Waals surface area contributed by atoms with Crippen molar-refractivity contribution in [3.8, 4) is 5.75 Å². The van der Waals surface area contributed by atoms with Gasteiger partial charge in [0.15, 0.2) is 0 Å². The fraction of sp³-hybridized carbons (Fsp3) is 0.167. The van der Waals surface area contributed by atoms with Gasteiger partial charge in [0.25, 0.3) is 5.91 Å². The maximum absolute atomic E-state index is 12.4. The van der Waals surface area contributed by atoms with Crippen LogP contribution in [0.3, 0.4) is 0 Å². The number of benzene rings is 2. The molecule has 0 spiro atoms. The number of carbonyl (C=O) groups is 3. The van der Waals surface area contributed by atoms with Crippen molar-refractivity contribution < 1.29 is 19.1 Å². The topological polar surface area (TPSA) is 98.5 Å². The van der Waals surface area contributed by atoms with E-state index in [2.05, 4.69) is 5.32 Å². The van der Waals surface area contributed by atoms with Crippen molar-refractivity contribution in [3.63, 3.8) is 0 Å². The summed E-state index contributed by atoms with van der Waals surface area (Å²) in [4.78, 5) is 35.0. The van der Waals surface area contributed by atoms with E-state index in [-0.39, 0.29) is 17.7 Å². The molecule has 2 rings (SSSR count). The molecule has 0 aliphatic carbocycles. The Bertz CT molecular complexity index is 790. The van der Waals surface area contributed by atoms with Gasteiger partial charge in [-0.15, -0.1) is 0 Å². The number of hydrogen-bond donors (Lipinski definition) is 2. The highest BCUT2D eigenvalue weighted by Gasteiger charge is 2.20. The van der Waals surface area contributed by atoms with Crippen molar-refractivity contribution in [2.24, 2.45) is 5.73 Å². The molecule has 7 heteroatoms. The van der Waals surface area contributed by atoms with Crippen LogP contribution in [0.5, 0.6) is 5.75 Å². The van der Waals surface area contributed by atoms with Gasteiger partial charge in [-0.05, 0) is 35.9 Å². The molecule has 0 radical (unpaired) electrons. The van der Waals surface area contributed by atoms with E-state index in [1.54, 1.807) is 42.5 Å². The van der Waals surface area contributed by atoms with Crippen molar-refractivity contribution in [2.45, 2.75) is 19.4 Å².